The number of benzene rings is 3. The lowest BCUT2D eigenvalue weighted by atomic mass is 10.1. The zero-order valence-electron chi connectivity index (χ0n) is 16.3. The molecule has 1 atom stereocenters. The monoisotopic (exact) mass is 442 g/mol. The predicted octanol–water partition coefficient (Wildman–Crippen LogP) is 3.96. The highest BCUT2D eigenvalue weighted by Gasteiger charge is 2.16. The fourth-order valence-corrected chi connectivity index (χ4v) is 2.89. The van der Waals surface area contributed by atoms with E-state index in [1.165, 1.54) is 24.3 Å². The Morgan fingerprint density at radius 2 is 1.68 bits per heavy atom. The fourth-order valence-electron chi connectivity index (χ4n) is 2.76. The minimum absolute atomic E-state index is 0.0252. The van der Waals surface area contributed by atoms with Crippen LogP contribution < -0.4 is 15.4 Å². The summed E-state index contributed by atoms with van der Waals surface area (Å²) in [6, 6.07) is 18.8. The molecule has 0 spiro atoms. The number of aliphatic hydroxyl groups excluding tert-OH is 1. The van der Waals surface area contributed by atoms with Crippen LogP contribution in [0.25, 0.3) is 0 Å². The van der Waals surface area contributed by atoms with E-state index in [-0.39, 0.29) is 23.5 Å². The van der Waals surface area contributed by atoms with E-state index in [2.05, 4.69) is 10.6 Å². The second-order valence-corrected chi connectivity index (χ2v) is 7.03. The first kappa shape index (κ1) is 22.3. The maximum atomic E-state index is 13.6. The minimum Gasteiger partial charge on any atom is -0.483 e. The van der Waals surface area contributed by atoms with Crippen molar-refractivity contribution in [1.29, 1.82) is 0 Å². The number of hydrogen-bond acceptors (Lipinski definition) is 4. The van der Waals surface area contributed by atoms with Crippen LogP contribution in [-0.2, 0) is 4.79 Å². The first-order valence-electron chi connectivity index (χ1n) is 9.42. The highest BCUT2D eigenvalue weighted by atomic mass is 35.5. The van der Waals surface area contributed by atoms with Crippen molar-refractivity contribution in [2.45, 2.75) is 6.10 Å². The van der Waals surface area contributed by atoms with E-state index in [0.717, 1.165) is 0 Å². The molecule has 0 aliphatic heterocycles. The summed E-state index contributed by atoms with van der Waals surface area (Å²) >= 11 is 5.83. The third-order valence-electron chi connectivity index (χ3n) is 4.35. The van der Waals surface area contributed by atoms with Crippen LogP contribution in [0, 0.1) is 5.82 Å². The van der Waals surface area contributed by atoms with E-state index in [1.54, 1.807) is 48.5 Å². The Kier molecular flexibility index (Phi) is 7.59. The van der Waals surface area contributed by atoms with E-state index in [4.69, 9.17) is 16.3 Å². The number of aliphatic hydroxyl groups is 1. The number of nitrogens with one attached hydrogen (secondary N) is 2. The second kappa shape index (κ2) is 10.6. The third-order valence-corrected chi connectivity index (χ3v) is 4.60. The average molecular weight is 443 g/mol. The fraction of sp³-hybridized carbons (Fsp3) is 0.130. The zero-order valence-corrected chi connectivity index (χ0v) is 17.1. The van der Waals surface area contributed by atoms with E-state index in [0.29, 0.717) is 10.6 Å². The molecule has 31 heavy (non-hydrogen) atoms. The second-order valence-electron chi connectivity index (χ2n) is 6.59. The van der Waals surface area contributed by atoms with Gasteiger partial charge in [-0.3, -0.25) is 9.59 Å². The smallest absolute Gasteiger partial charge is 0.262 e. The van der Waals surface area contributed by atoms with Crippen molar-refractivity contribution in [2.75, 3.05) is 18.5 Å². The summed E-state index contributed by atoms with van der Waals surface area (Å²) in [6.07, 6.45) is -0.916. The quantitative estimate of drug-likeness (QED) is 0.492. The van der Waals surface area contributed by atoms with Crippen molar-refractivity contribution < 1.29 is 23.8 Å². The Hall–Kier alpha value is -3.42. The lowest BCUT2D eigenvalue weighted by molar-refractivity contribution is -0.118. The number of anilines is 1. The average Bonchev–Trinajstić information content (AvgIpc) is 2.78. The van der Waals surface area contributed by atoms with Crippen LogP contribution in [0.1, 0.15) is 22.0 Å². The number of hydrogen-bond donors (Lipinski definition) is 3. The predicted molar refractivity (Wildman–Crippen MR) is 116 cm³/mol. The zero-order chi connectivity index (χ0) is 22.2. The molecule has 0 heterocycles. The lowest BCUT2D eigenvalue weighted by Gasteiger charge is -2.14. The van der Waals surface area contributed by atoms with Crippen LogP contribution in [-0.4, -0.2) is 30.1 Å². The molecule has 3 N–H and O–H groups in total. The number of ether oxygens (including phenoxy) is 1. The molecule has 3 aromatic carbocycles. The van der Waals surface area contributed by atoms with Gasteiger partial charge in [-0.05, 0) is 42.0 Å². The van der Waals surface area contributed by atoms with Gasteiger partial charge >= 0.3 is 0 Å². The minimum atomic E-state index is -0.916. The molecular formula is C23H20ClFN2O4. The van der Waals surface area contributed by atoms with Gasteiger partial charge in [-0.1, -0.05) is 48.0 Å². The van der Waals surface area contributed by atoms with Gasteiger partial charge in [-0.2, -0.15) is 0 Å². The van der Waals surface area contributed by atoms with Gasteiger partial charge in [0.1, 0.15) is 11.6 Å². The maximum Gasteiger partial charge on any atom is 0.262 e. The molecule has 3 rings (SSSR count). The molecule has 1 unspecified atom stereocenters. The number of halogens is 2. The molecular weight excluding hydrogens is 423 g/mol. The van der Waals surface area contributed by atoms with Crippen LogP contribution in [0.5, 0.6) is 5.75 Å². The van der Waals surface area contributed by atoms with Crippen LogP contribution in [0.4, 0.5) is 10.1 Å². The Morgan fingerprint density at radius 1 is 1.00 bits per heavy atom. The molecule has 0 aromatic heterocycles. The van der Waals surface area contributed by atoms with Crippen molar-refractivity contribution in [3.05, 3.63) is 94.8 Å². The third kappa shape index (κ3) is 6.28. The molecule has 0 aliphatic carbocycles. The topological polar surface area (TPSA) is 87.7 Å². The number of carbonyl (C=O) groups is 2. The largest absolute Gasteiger partial charge is 0.483 e. The molecule has 0 bridgehead atoms. The van der Waals surface area contributed by atoms with Crippen LogP contribution >= 0.6 is 11.6 Å². The number of amides is 2. The summed E-state index contributed by atoms with van der Waals surface area (Å²) in [5.74, 6) is -1.42. The van der Waals surface area contributed by atoms with Crippen molar-refractivity contribution in [2.24, 2.45) is 0 Å². The van der Waals surface area contributed by atoms with Crippen molar-refractivity contribution in [3.63, 3.8) is 0 Å². The number of para-hydroxylation sites is 2. The van der Waals surface area contributed by atoms with Crippen LogP contribution in [0.3, 0.4) is 0 Å². The first-order valence-corrected chi connectivity index (χ1v) is 9.80. The normalized spacial score (nSPS) is 11.5. The molecule has 0 saturated heterocycles. The summed E-state index contributed by atoms with van der Waals surface area (Å²) in [5.41, 5.74) is 0.849. The summed E-state index contributed by atoms with van der Waals surface area (Å²) in [6.45, 7) is -0.436. The number of rotatable bonds is 8. The van der Waals surface area contributed by atoms with Gasteiger partial charge in [-0.25, -0.2) is 4.39 Å². The standard InChI is InChI=1S/C23H20ClFN2O4/c24-16-11-9-15(10-12-16)20(28)13-26-23(30)17-5-1-4-8-21(17)31-14-22(29)27-19-7-3-2-6-18(19)25/h1-12,20,28H,13-14H2,(H,26,30)(H,27,29). The summed E-state index contributed by atoms with van der Waals surface area (Å²) in [4.78, 5) is 24.6. The molecule has 0 radical (unpaired) electrons. The molecule has 2 amide bonds. The van der Waals surface area contributed by atoms with E-state index < -0.39 is 30.3 Å². The molecule has 3 aromatic rings. The van der Waals surface area contributed by atoms with Gasteiger partial charge in [0.25, 0.3) is 11.8 Å². The van der Waals surface area contributed by atoms with Gasteiger partial charge in [0.05, 0.1) is 17.4 Å². The highest BCUT2D eigenvalue weighted by molar-refractivity contribution is 6.30. The van der Waals surface area contributed by atoms with Crippen molar-refractivity contribution in [1.82, 2.24) is 5.32 Å². The highest BCUT2D eigenvalue weighted by Crippen LogP contribution is 2.20. The van der Waals surface area contributed by atoms with E-state index in [1.807, 2.05) is 0 Å². The van der Waals surface area contributed by atoms with Gasteiger partial charge in [0.15, 0.2) is 6.61 Å². The molecule has 6 nitrogen and oxygen atoms in total. The van der Waals surface area contributed by atoms with Gasteiger partial charge in [-0.15, -0.1) is 0 Å². The van der Waals surface area contributed by atoms with Crippen LogP contribution in [0.2, 0.25) is 5.02 Å². The van der Waals surface area contributed by atoms with Gasteiger partial charge in [0, 0.05) is 11.6 Å². The SMILES string of the molecule is O=C(COc1ccccc1C(=O)NCC(O)c1ccc(Cl)cc1)Nc1ccccc1F. The molecule has 0 fully saturated rings. The van der Waals surface area contributed by atoms with Crippen molar-refractivity contribution in [3.8, 4) is 5.75 Å². The Bertz CT molecular complexity index is 1060. The summed E-state index contributed by atoms with van der Waals surface area (Å²) in [5, 5.41) is 15.8. The van der Waals surface area contributed by atoms with Crippen molar-refractivity contribution >= 4 is 29.1 Å². The van der Waals surface area contributed by atoms with E-state index >= 15 is 0 Å². The van der Waals surface area contributed by atoms with Gasteiger partial charge in [0.2, 0.25) is 0 Å². The van der Waals surface area contributed by atoms with Gasteiger partial charge < -0.3 is 20.5 Å². The molecule has 0 saturated carbocycles. The van der Waals surface area contributed by atoms with Crippen LogP contribution in [0.15, 0.2) is 72.8 Å². The molecule has 8 heteroatoms. The first-order chi connectivity index (χ1) is 14.9. The Labute approximate surface area is 183 Å². The molecule has 0 aliphatic rings. The summed E-state index contributed by atoms with van der Waals surface area (Å²) in [7, 11) is 0. The molecule has 160 valence electrons. The number of carbonyl (C=O) groups excluding carboxylic acids is 2. The Balaban J connectivity index is 1.57. The van der Waals surface area contributed by atoms with E-state index in [9.17, 15) is 19.1 Å². The lowest BCUT2D eigenvalue weighted by Crippen LogP contribution is -2.29. The maximum absolute atomic E-state index is 13.6. The Morgan fingerprint density at radius 3 is 2.42 bits per heavy atom. The summed E-state index contributed by atoms with van der Waals surface area (Å²) < 4.78 is 19.1.